The highest BCUT2D eigenvalue weighted by Crippen LogP contribution is 2.32. The van der Waals surface area contributed by atoms with E-state index in [0.29, 0.717) is 24.3 Å². The molecule has 1 aliphatic carbocycles. The van der Waals surface area contributed by atoms with Crippen LogP contribution >= 0.6 is 0 Å². The predicted octanol–water partition coefficient (Wildman–Crippen LogP) is 1.66. The molecule has 0 aliphatic heterocycles. The molecule has 28 heavy (non-hydrogen) atoms. The van der Waals surface area contributed by atoms with Gasteiger partial charge in [0.2, 0.25) is 0 Å². The number of benzene rings is 1. The Kier molecular flexibility index (Phi) is 4.75. The molecule has 0 atom stereocenters. The van der Waals surface area contributed by atoms with Gasteiger partial charge in [-0.25, -0.2) is 9.48 Å². The van der Waals surface area contributed by atoms with E-state index in [-0.39, 0.29) is 30.3 Å². The van der Waals surface area contributed by atoms with Gasteiger partial charge >= 0.3 is 6.09 Å². The fourth-order valence-electron chi connectivity index (χ4n) is 3.00. The van der Waals surface area contributed by atoms with Crippen LogP contribution in [0.3, 0.4) is 0 Å². The Labute approximate surface area is 159 Å². The zero-order valence-electron chi connectivity index (χ0n) is 14.8. The number of carbonyl (C=O) groups is 2. The predicted molar refractivity (Wildman–Crippen MR) is 95.9 cm³/mol. The molecular formula is C18H18N6O4. The zero-order chi connectivity index (χ0) is 19.5. The third-order valence-corrected chi connectivity index (χ3v) is 4.54. The first kappa shape index (κ1) is 17.7. The van der Waals surface area contributed by atoms with Crippen LogP contribution in [0.25, 0.3) is 11.3 Å². The second kappa shape index (κ2) is 7.51. The van der Waals surface area contributed by atoms with Crippen LogP contribution in [0.4, 0.5) is 4.79 Å². The smallest absolute Gasteiger partial charge is 0.404 e. The molecule has 10 nitrogen and oxygen atoms in total. The van der Waals surface area contributed by atoms with Gasteiger partial charge in [-0.1, -0.05) is 40.7 Å². The van der Waals surface area contributed by atoms with E-state index in [1.54, 1.807) is 16.9 Å². The van der Waals surface area contributed by atoms with Gasteiger partial charge in [0.05, 0.1) is 12.2 Å². The molecular weight excluding hydrogens is 364 g/mol. The van der Waals surface area contributed by atoms with Crippen molar-refractivity contribution in [2.75, 3.05) is 0 Å². The summed E-state index contributed by atoms with van der Waals surface area (Å²) in [6, 6.07) is 11.2. The third-order valence-electron chi connectivity index (χ3n) is 4.54. The molecule has 144 valence electrons. The summed E-state index contributed by atoms with van der Waals surface area (Å²) in [5.74, 6) is 0.272. The van der Waals surface area contributed by atoms with Crippen molar-refractivity contribution in [1.29, 1.82) is 0 Å². The Bertz CT molecular complexity index is 977. The number of nitrogens with two attached hydrogens (primary N) is 1. The molecule has 1 fully saturated rings. The Balaban J connectivity index is 1.28. The molecule has 10 heteroatoms. The van der Waals surface area contributed by atoms with Crippen LogP contribution in [-0.2, 0) is 11.3 Å². The number of primary amides is 1. The van der Waals surface area contributed by atoms with Crippen molar-refractivity contribution in [1.82, 2.24) is 25.5 Å². The van der Waals surface area contributed by atoms with E-state index in [4.69, 9.17) is 10.3 Å². The van der Waals surface area contributed by atoms with E-state index in [1.165, 1.54) is 0 Å². The average molecular weight is 382 g/mol. The summed E-state index contributed by atoms with van der Waals surface area (Å²) in [6.45, 7) is -0.0157. The van der Waals surface area contributed by atoms with Gasteiger partial charge in [-0.3, -0.25) is 4.79 Å². The molecule has 4 rings (SSSR count). The standard InChI is InChI=1S/C18H18N6O4/c19-18(26)27-10-13-9-24(23-21-13)14-6-12(7-14)20-17(25)15-8-16(28-22-15)11-4-2-1-3-5-11/h1-5,8-9,12,14H,6-7,10H2,(H2,19,26)(H,20,25). The molecule has 0 spiro atoms. The number of ether oxygens (including phenoxy) is 1. The number of hydrogen-bond donors (Lipinski definition) is 2. The topological polar surface area (TPSA) is 138 Å². The lowest BCUT2D eigenvalue weighted by Crippen LogP contribution is -2.45. The van der Waals surface area contributed by atoms with Crippen LogP contribution in [0.5, 0.6) is 0 Å². The number of amides is 2. The van der Waals surface area contributed by atoms with Gasteiger partial charge < -0.3 is 20.3 Å². The maximum absolute atomic E-state index is 12.4. The van der Waals surface area contributed by atoms with E-state index in [2.05, 4.69) is 25.5 Å². The lowest BCUT2D eigenvalue weighted by molar-refractivity contribution is 0.0878. The molecule has 3 N–H and O–H groups in total. The van der Waals surface area contributed by atoms with Gasteiger partial charge in [0.25, 0.3) is 5.91 Å². The van der Waals surface area contributed by atoms with Gasteiger partial charge in [-0.05, 0) is 12.8 Å². The summed E-state index contributed by atoms with van der Waals surface area (Å²) >= 11 is 0. The number of nitrogens with one attached hydrogen (secondary N) is 1. The Morgan fingerprint density at radius 2 is 2.07 bits per heavy atom. The van der Waals surface area contributed by atoms with Crippen molar-refractivity contribution in [2.24, 2.45) is 5.73 Å². The summed E-state index contributed by atoms with van der Waals surface area (Å²) in [4.78, 5) is 23.0. The maximum Gasteiger partial charge on any atom is 0.404 e. The highest BCUT2D eigenvalue weighted by atomic mass is 16.5. The molecule has 2 heterocycles. The third kappa shape index (κ3) is 3.85. The number of nitrogens with zero attached hydrogens (tertiary/aromatic N) is 4. The number of carbonyl (C=O) groups excluding carboxylic acids is 2. The van der Waals surface area contributed by atoms with E-state index >= 15 is 0 Å². The summed E-state index contributed by atoms with van der Waals surface area (Å²) < 4.78 is 11.6. The van der Waals surface area contributed by atoms with Crippen LogP contribution in [0, 0.1) is 0 Å². The van der Waals surface area contributed by atoms with E-state index < -0.39 is 6.09 Å². The number of rotatable bonds is 6. The summed E-state index contributed by atoms with van der Waals surface area (Å²) in [7, 11) is 0. The summed E-state index contributed by atoms with van der Waals surface area (Å²) in [6.07, 6.45) is 2.28. The maximum atomic E-state index is 12.4. The zero-order valence-corrected chi connectivity index (χ0v) is 14.8. The molecule has 1 saturated carbocycles. The average Bonchev–Trinajstić information content (AvgIpc) is 3.33. The fraction of sp³-hybridized carbons (Fsp3) is 0.278. The monoisotopic (exact) mass is 382 g/mol. The molecule has 3 aromatic rings. The normalized spacial score (nSPS) is 18.3. The second-order valence-corrected chi connectivity index (χ2v) is 6.54. The van der Waals surface area contributed by atoms with E-state index in [9.17, 15) is 9.59 Å². The lowest BCUT2D eigenvalue weighted by atomic mass is 9.87. The molecule has 0 unspecified atom stereocenters. The molecule has 0 radical (unpaired) electrons. The minimum atomic E-state index is -0.857. The van der Waals surface area contributed by atoms with Gasteiger partial charge in [0.1, 0.15) is 12.3 Å². The van der Waals surface area contributed by atoms with Crippen LogP contribution in [0.15, 0.2) is 47.1 Å². The lowest BCUT2D eigenvalue weighted by Gasteiger charge is -2.35. The quantitative estimate of drug-likeness (QED) is 0.661. The molecule has 1 aliphatic rings. The van der Waals surface area contributed by atoms with Gasteiger partial charge in [0.15, 0.2) is 11.5 Å². The first-order chi connectivity index (χ1) is 13.6. The largest absolute Gasteiger partial charge is 0.443 e. The Morgan fingerprint density at radius 1 is 1.29 bits per heavy atom. The van der Waals surface area contributed by atoms with Crippen molar-refractivity contribution in [2.45, 2.75) is 31.5 Å². The number of hydrogen-bond acceptors (Lipinski definition) is 7. The summed E-state index contributed by atoms with van der Waals surface area (Å²) in [5.41, 5.74) is 6.54. The van der Waals surface area contributed by atoms with Crippen LogP contribution < -0.4 is 11.1 Å². The Morgan fingerprint density at radius 3 is 2.82 bits per heavy atom. The number of aromatic nitrogens is 4. The highest BCUT2D eigenvalue weighted by Gasteiger charge is 2.33. The highest BCUT2D eigenvalue weighted by molar-refractivity contribution is 5.93. The first-order valence-corrected chi connectivity index (χ1v) is 8.74. The van der Waals surface area contributed by atoms with E-state index in [1.807, 2.05) is 30.3 Å². The van der Waals surface area contributed by atoms with Crippen molar-refractivity contribution in [3.8, 4) is 11.3 Å². The van der Waals surface area contributed by atoms with E-state index in [0.717, 1.165) is 5.56 Å². The molecule has 0 bridgehead atoms. The minimum Gasteiger partial charge on any atom is -0.443 e. The van der Waals surface area contributed by atoms with Crippen molar-refractivity contribution >= 4 is 12.0 Å². The van der Waals surface area contributed by atoms with Crippen LogP contribution in [0.1, 0.15) is 35.1 Å². The second-order valence-electron chi connectivity index (χ2n) is 6.54. The Hall–Kier alpha value is -3.69. The van der Waals surface area contributed by atoms with Crippen molar-refractivity contribution in [3.63, 3.8) is 0 Å². The summed E-state index contributed by atoms with van der Waals surface area (Å²) in [5, 5.41) is 14.7. The van der Waals surface area contributed by atoms with Crippen molar-refractivity contribution < 1.29 is 18.8 Å². The minimum absolute atomic E-state index is 0.0157. The molecule has 0 saturated heterocycles. The van der Waals surface area contributed by atoms with Crippen molar-refractivity contribution in [3.05, 3.63) is 54.0 Å². The molecule has 2 amide bonds. The van der Waals surface area contributed by atoms with Crippen LogP contribution in [0.2, 0.25) is 0 Å². The fourth-order valence-corrected chi connectivity index (χ4v) is 3.00. The SMILES string of the molecule is NC(=O)OCc1cn(C2CC(NC(=O)c3cc(-c4ccccc4)on3)C2)nn1. The van der Waals surface area contributed by atoms with Gasteiger partial charge in [-0.15, -0.1) is 5.10 Å². The first-order valence-electron chi connectivity index (χ1n) is 8.74. The van der Waals surface area contributed by atoms with Crippen LogP contribution in [-0.4, -0.2) is 38.2 Å². The molecule has 2 aromatic heterocycles. The van der Waals surface area contributed by atoms with Gasteiger partial charge in [0, 0.05) is 17.7 Å². The van der Waals surface area contributed by atoms with Gasteiger partial charge in [-0.2, -0.15) is 0 Å². The molecule has 1 aromatic carbocycles.